The van der Waals surface area contributed by atoms with E-state index in [4.69, 9.17) is 0 Å². The van der Waals surface area contributed by atoms with Crippen LogP contribution in [0.1, 0.15) is 31.2 Å². The van der Waals surface area contributed by atoms with Crippen LogP contribution in [0.3, 0.4) is 0 Å². The lowest BCUT2D eigenvalue weighted by Gasteiger charge is -2.24. The lowest BCUT2D eigenvalue weighted by molar-refractivity contribution is -0.120. The summed E-state index contributed by atoms with van der Waals surface area (Å²) in [5.41, 5.74) is 2.48. The van der Waals surface area contributed by atoms with Gasteiger partial charge in [-0.1, -0.05) is 18.2 Å². The first-order valence-corrected chi connectivity index (χ1v) is 5.59. The van der Waals surface area contributed by atoms with Gasteiger partial charge in [-0.2, -0.15) is 0 Å². The Kier molecular flexibility index (Phi) is 3.05. The first-order valence-electron chi connectivity index (χ1n) is 5.59. The largest absolute Gasteiger partial charge is 0.382 e. The van der Waals surface area contributed by atoms with Crippen LogP contribution in [-0.4, -0.2) is 11.8 Å². The number of benzene rings is 1. The van der Waals surface area contributed by atoms with E-state index < -0.39 is 0 Å². The number of ketones is 1. The molecule has 1 aliphatic rings. The van der Waals surface area contributed by atoms with Crippen molar-refractivity contribution in [1.29, 1.82) is 0 Å². The van der Waals surface area contributed by atoms with E-state index >= 15 is 0 Å². The fourth-order valence-electron chi connectivity index (χ4n) is 2.04. The molecule has 80 valence electrons. The molecule has 0 radical (unpaired) electrons. The molecule has 0 heterocycles. The minimum atomic E-state index is 0.415. The van der Waals surface area contributed by atoms with Crippen molar-refractivity contribution < 1.29 is 4.79 Å². The smallest absolute Gasteiger partial charge is 0.133 e. The second-order valence-electron chi connectivity index (χ2n) is 4.27. The maximum absolute atomic E-state index is 11.1. The molecule has 0 amide bonds. The number of carbonyl (C=O) groups excluding carboxylic acids is 1. The van der Waals surface area contributed by atoms with Crippen LogP contribution in [-0.2, 0) is 4.79 Å². The lowest BCUT2D eigenvalue weighted by atomic mass is 9.94. The van der Waals surface area contributed by atoms with Crippen LogP contribution in [0.2, 0.25) is 0 Å². The minimum absolute atomic E-state index is 0.415. The Labute approximate surface area is 90.7 Å². The summed E-state index contributed by atoms with van der Waals surface area (Å²) in [5.74, 6) is 0.415. The van der Waals surface area contributed by atoms with Crippen LogP contribution in [0.4, 0.5) is 5.69 Å². The number of Topliss-reactive ketones (excluding diaryl/α,β-unsaturated/α-hetero) is 1. The average Bonchev–Trinajstić information content (AvgIpc) is 2.25. The maximum Gasteiger partial charge on any atom is 0.133 e. The number of rotatable bonds is 2. The van der Waals surface area contributed by atoms with Crippen molar-refractivity contribution in [3.8, 4) is 0 Å². The van der Waals surface area contributed by atoms with Crippen LogP contribution >= 0.6 is 0 Å². The van der Waals surface area contributed by atoms with Crippen molar-refractivity contribution in [2.75, 3.05) is 5.32 Å². The Balaban J connectivity index is 1.97. The fourth-order valence-corrected chi connectivity index (χ4v) is 2.04. The number of hydrogen-bond donors (Lipinski definition) is 1. The van der Waals surface area contributed by atoms with Gasteiger partial charge in [0.2, 0.25) is 0 Å². The molecule has 0 bridgehead atoms. The summed E-state index contributed by atoms with van der Waals surface area (Å²) in [6, 6.07) is 8.78. The third kappa shape index (κ3) is 2.58. The second-order valence-corrected chi connectivity index (χ2v) is 4.27. The molecule has 0 aromatic heterocycles. The third-order valence-corrected chi connectivity index (χ3v) is 3.05. The number of aryl methyl sites for hydroxylation is 1. The van der Waals surface area contributed by atoms with Crippen molar-refractivity contribution in [2.45, 2.75) is 38.6 Å². The van der Waals surface area contributed by atoms with Gasteiger partial charge in [-0.25, -0.2) is 0 Å². The van der Waals surface area contributed by atoms with Gasteiger partial charge in [0.25, 0.3) is 0 Å². The standard InChI is InChI=1S/C13H17NO/c1-10-4-2-3-5-13(10)14-11-6-8-12(15)9-7-11/h2-5,11,14H,6-9H2,1H3. The van der Waals surface area contributed by atoms with Gasteiger partial charge in [0.05, 0.1) is 0 Å². The van der Waals surface area contributed by atoms with Gasteiger partial charge < -0.3 is 5.32 Å². The van der Waals surface area contributed by atoms with Crippen LogP contribution < -0.4 is 5.32 Å². The number of carbonyl (C=O) groups is 1. The highest BCUT2D eigenvalue weighted by molar-refractivity contribution is 5.79. The van der Waals surface area contributed by atoms with Gasteiger partial charge in [0, 0.05) is 24.6 Å². The number of nitrogens with one attached hydrogen (secondary N) is 1. The van der Waals surface area contributed by atoms with Crippen molar-refractivity contribution in [3.05, 3.63) is 29.8 Å². The van der Waals surface area contributed by atoms with Crippen molar-refractivity contribution in [1.82, 2.24) is 0 Å². The predicted molar refractivity (Wildman–Crippen MR) is 62.1 cm³/mol. The van der Waals surface area contributed by atoms with Crippen LogP contribution in [0.25, 0.3) is 0 Å². The molecule has 0 aliphatic heterocycles. The molecule has 1 saturated carbocycles. The third-order valence-electron chi connectivity index (χ3n) is 3.05. The van der Waals surface area contributed by atoms with Gasteiger partial charge in [-0.3, -0.25) is 4.79 Å². The first kappa shape index (κ1) is 10.2. The van der Waals surface area contributed by atoms with E-state index in [0.717, 1.165) is 25.7 Å². The second kappa shape index (κ2) is 4.47. The van der Waals surface area contributed by atoms with E-state index in [2.05, 4.69) is 24.4 Å². The highest BCUT2D eigenvalue weighted by atomic mass is 16.1. The van der Waals surface area contributed by atoms with Crippen LogP contribution in [0.5, 0.6) is 0 Å². The maximum atomic E-state index is 11.1. The molecular weight excluding hydrogens is 186 g/mol. The summed E-state index contributed by atoms with van der Waals surface area (Å²) in [6.07, 6.45) is 3.44. The van der Waals surface area contributed by atoms with Gasteiger partial charge in [0.1, 0.15) is 5.78 Å². The Morgan fingerprint density at radius 2 is 1.87 bits per heavy atom. The highest BCUT2D eigenvalue weighted by Crippen LogP contribution is 2.21. The number of para-hydroxylation sites is 1. The Morgan fingerprint density at radius 1 is 1.20 bits per heavy atom. The van der Waals surface area contributed by atoms with E-state index in [1.165, 1.54) is 11.3 Å². The SMILES string of the molecule is Cc1ccccc1NC1CCC(=O)CC1. The fraction of sp³-hybridized carbons (Fsp3) is 0.462. The Morgan fingerprint density at radius 3 is 2.53 bits per heavy atom. The van der Waals surface area contributed by atoms with Gasteiger partial charge in [-0.15, -0.1) is 0 Å². The van der Waals surface area contributed by atoms with Gasteiger partial charge >= 0.3 is 0 Å². The van der Waals surface area contributed by atoms with E-state index in [1.54, 1.807) is 0 Å². The zero-order valence-electron chi connectivity index (χ0n) is 9.12. The molecule has 0 saturated heterocycles. The van der Waals surface area contributed by atoms with Gasteiger partial charge in [-0.05, 0) is 31.4 Å². The first-order chi connectivity index (χ1) is 7.25. The Hall–Kier alpha value is -1.31. The molecule has 2 heteroatoms. The van der Waals surface area contributed by atoms with Crippen LogP contribution in [0.15, 0.2) is 24.3 Å². The molecule has 2 rings (SSSR count). The Bertz CT molecular complexity index is 349. The number of hydrogen-bond acceptors (Lipinski definition) is 2. The summed E-state index contributed by atoms with van der Waals surface area (Å²) < 4.78 is 0. The molecule has 0 spiro atoms. The van der Waals surface area contributed by atoms with Gasteiger partial charge in [0.15, 0.2) is 0 Å². The quantitative estimate of drug-likeness (QED) is 0.800. The van der Waals surface area contributed by atoms with E-state index in [1.807, 2.05) is 12.1 Å². The van der Waals surface area contributed by atoms with Crippen molar-refractivity contribution in [2.24, 2.45) is 0 Å². The lowest BCUT2D eigenvalue weighted by Crippen LogP contribution is -2.26. The zero-order valence-corrected chi connectivity index (χ0v) is 9.12. The molecule has 0 unspecified atom stereocenters. The summed E-state index contributed by atoms with van der Waals surface area (Å²) in [7, 11) is 0. The normalized spacial score (nSPS) is 17.8. The van der Waals surface area contributed by atoms with Crippen molar-refractivity contribution >= 4 is 11.5 Å². The zero-order chi connectivity index (χ0) is 10.7. The monoisotopic (exact) mass is 203 g/mol. The topological polar surface area (TPSA) is 29.1 Å². The van der Waals surface area contributed by atoms with Crippen molar-refractivity contribution in [3.63, 3.8) is 0 Å². The summed E-state index contributed by atoms with van der Waals surface area (Å²) in [5, 5.41) is 3.52. The number of anilines is 1. The summed E-state index contributed by atoms with van der Waals surface area (Å²) in [6.45, 7) is 2.11. The molecule has 1 aromatic rings. The molecule has 1 aliphatic carbocycles. The summed E-state index contributed by atoms with van der Waals surface area (Å²) in [4.78, 5) is 11.1. The molecule has 2 nitrogen and oxygen atoms in total. The molecule has 1 aromatic carbocycles. The van der Waals surface area contributed by atoms with Crippen LogP contribution in [0, 0.1) is 6.92 Å². The predicted octanol–water partition coefficient (Wildman–Crippen LogP) is 2.92. The molecule has 15 heavy (non-hydrogen) atoms. The highest BCUT2D eigenvalue weighted by Gasteiger charge is 2.18. The molecule has 0 atom stereocenters. The average molecular weight is 203 g/mol. The van der Waals surface area contributed by atoms with E-state index in [0.29, 0.717) is 11.8 Å². The molecule has 1 fully saturated rings. The van der Waals surface area contributed by atoms with E-state index in [-0.39, 0.29) is 0 Å². The molecular formula is C13H17NO. The summed E-state index contributed by atoms with van der Waals surface area (Å²) >= 11 is 0. The molecule has 1 N–H and O–H groups in total. The minimum Gasteiger partial charge on any atom is -0.382 e. The van der Waals surface area contributed by atoms with E-state index in [9.17, 15) is 4.79 Å².